The highest BCUT2D eigenvalue weighted by molar-refractivity contribution is 7.12. The molecule has 0 aromatic carbocycles. The van der Waals surface area contributed by atoms with Gasteiger partial charge in [-0.15, -0.1) is 11.3 Å². The summed E-state index contributed by atoms with van der Waals surface area (Å²) in [5.41, 5.74) is 4.75. The normalized spacial score (nSPS) is 26.9. The molecule has 1 saturated carbocycles. The van der Waals surface area contributed by atoms with Crippen LogP contribution in [-0.4, -0.2) is 17.6 Å². The summed E-state index contributed by atoms with van der Waals surface area (Å²) in [6, 6.07) is 0. The van der Waals surface area contributed by atoms with Gasteiger partial charge in [0.2, 0.25) is 0 Å². The summed E-state index contributed by atoms with van der Waals surface area (Å²) in [5, 5.41) is 9.82. The number of fused-ring (bicyclic) bond motifs is 1. The molecule has 5 heteroatoms. The smallest absolute Gasteiger partial charge is 0.337 e. The van der Waals surface area contributed by atoms with Gasteiger partial charge in [-0.05, 0) is 54.9 Å². The second-order valence-corrected chi connectivity index (χ2v) is 8.73. The zero-order valence-electron chi connectivity index (χ0n) is 13.4. The van der Waals surface area contributed by atoms with Gasteiger partial charge in [0.15, 0.2) is 0 Å². The molecule has 0 amide bonds. The van der Waals surface area contributed by atoms with Crippen LogP contribution in [0.5, 0.6) is 0 Å². The Morgan fingerprint density at radius 3 is 2.91 bits per heavy atom. The summed E-state index contributed by atoms with van der Waals surface area (Å²) in [7, 11) is 0. The highest BCUT2D eigenvalue weighted by atomic mass is 32.1. The second kappa shape index (κ2) is 5.95. The van der Waals surface area contributed by atoms with Gasteiger partial charge in [-0.3, -0.25) is 11.3 Å². The van der Waals surface area contributed by atoms with E-state index in [2.05, 4.69) is 19.3 Å². The fraction of sp³-hybridized carbons (Fsp3) is 0.706. The number of aryl methyl sites for hydroxylation is 1. The molecule has 0 aliphatic heterocycles. The van der Waals surface area contributed by atoms with Crippen molar-refractivity contribution < 1.29 is 9.90 Å². The molecular weight excluding hydrogens is 296 g/mol. The molecule has 4 nitrogen and oxygen atoms in total. The molecule has 0 bridgehead atoms. The van der Waals surface area contributed by atoms with Crippen LogP contribution in [0, 0.1) is 11.3 Å². The first-order valence-electron chi connectivity index (χ1n) is 8.24. The molecule has 4 N–H and O–H groups in total. The number of carbonyl (C=O) groups is 1. The van der Waals surface area contributed by atoms with Crippen LogP contribution < -0.4 is 11.3 Å². The minimum Gasteiger partial charge on any atom is -0.478 e. The van der Waals surface area contributed by atoms with Crippen molar-refractivity contribution in [3.63, 3.8) is 0 Å². The van der Waals surface area contributed by atoms with Gasteiger partial charge in [0.05, 0.1) is 5.56 Å². The van der Waals surface area contributed by atoms with Crippen LogP contribution in [0.15, 0.2) is 0 Å². The average molecular weight is 322 g/mol. The Bertz CT molecular complexity index is 579. The van der Waals surface area contributed by atoms with Crippen LogP contribution in [-0.2, 0) is 12.8 Å². The molecule has 0 radical (unpaired) electrons. The first-order valence-corrected chi connectivity index (χ1v) is 9.06. The molecule has 1 aromatic rings. The van der Waals surface area contributed by atoms with Crippen molar-refractivity contribution in [2.24, 2.45) is 17.2 Å². The third kappa shape index (κ3) is 2.82. The second-order valence-electron chi connectivity index (χ2n) is 7.59. The molecule has 122 valence electrons. The third-order valence-corrected chi connectivity index (χ3v) is 6.82. The topological polar surface area (TPSA) is 75.3 Å². The van der Waals surface area contributed by atoms with Crippen LogP contribution in [0.25, 0.3) is 0 Å². The van der Waals surface area contributed by atoms with Gasteiger partial charge < -0.3 is 5.11 Å². The maximum absolute atomic E-state index is 12.0. The first kappa shape index (κ1) is 16.0. The number of hydrogen-bond donors (Lipinski definition) is 3. The Labute approximate surface area is 136 Å². The lowest BCUT2D eigenvalue weighted by atomic mass is 9.75. The highest BCUT2D eigenvalue weighted by Crippen LogP contribution is 2.48. The third-order valence-electron chi connectivity index (χ3n) is 5.39. The number of nitrogens with one attached hydrogen (secondary N) is 1. The molecule has 0 saturated heterocycles. The average Bonchev–Trinajstić information content (AvgIpc) is 3.01. The van der Waals surface area contributed by atoms with Crippen LogP contribution >= 0.6 is 11.3 Å². The van der Waals surface area contributed by atoms with E-state index in [-0.39, 0.29) is 5.41 Å². The Balaban J connectivity index is 2.02. The van der Waals surface area contributed by atoms with E-state index in [0.717, 1.165) is 49.1 Å². The van der Waals surface area contributed by atoms with Crippen molar-refractivity contribution in [3.05, 3.63) is 20.9 Å². The van der Waals surface area contributed by atoms with Crippen molar-refractivity contribution in [2.45, 2.75) is 58.3 Å². The predicted molar refractivity (Wildman–Crippen MR) is 89.4 cm³/mol. The SMILES string of the molecule is CC1(C)CCc2sc(C3CCC[C@H]3CNN)c(C(=O)O)c2C1. The number of carboxylic acids is 1. The van der Waals surface area contributed by atoms with Crippen molar-refractivity contribution in [2.75, 3.05) is 6.54 Å². The fourth-order valence-corrected chi connectivity index (χ4v) is 5.76. The number of hydrazine groups is 1. The van der Waals surface area contributed by atoms with E-state index in [1.54, 1.807) is 11.3 Å². The molecule has 2 atom stereocenters. The minimum absolute atomic E-state index is 0.212. The Hall–Kier alpha value is -0.910. The quantitative estimate of drug-likeness (QED) is 0.587. The molecular formula is C17H26N2O2S. The van der Waals surface area contributed by atoms with Gasteiger partial charge in [-0.25, -0.2) is 4.79 Å². The van der Waals surface area contributed by atoms with Crippen LogP contribution in [0.3, 0.4) is 0 Å². The molecule has 3 rings (SSSR count). The summed E-state index contributed by atoms with van der Waals surface area (Å²) >= 11 is 1.77. The summed E-state index contributed by atoms with van der Waals surface area (Å²) in [4.78, 5) is 14.4. The van der Waals surface area contributed by atoms with Crippen molar-refractivity contribution in [1.29, 1.82) is 0 Å². The molecule has 1 aromatic heterocycles. The van der Waals surface area contributed by atoms with Gasteiger partial charge in [-0.1, -0.05) is 20.3 Å². The molecule has 22 heavy (non-hydrogen) atoms. The molecule has 2 aliphatic carbocycles. The van der Waals surface area contributed by atoms with E-state index in [1.807, 2.05) is 0 Å². The molecule has 1 heterocycles. The Morgan fingerprint density at radius 2 is 2.23 bits per heavy atom. The van der Waals surface area contributed by atoms with Crippen molar-refractivity contribution >= 4 is 17.3 Å². The van der Waals surface area contributed by atoms with Crippen LogP contribution in [0.2, 0.25) is 0 Å². The maximum atomic E-state index is 12.0. The monoisotopic (exact) mass is 322 g/mol. The first-order chi connectivity index (χ1) is 10.4. The Morgan fingerprint density at radius 1 is 1.45 bits per heavy atom. The summed E-state index contributed by atoms with van der Waals surface area (Å²) in [5.74, 6) is 5.61. The maximum Gasteiger partial charge on any atom is 0.337 e. The molecule has 2 aliphatic rings. The van der Waals surface area contributed by atoms with Gasteiger partial charge in [0.1, 0.15) is 0 Å². The van der Waals surface area contributed by atoms with Gasteiger partial charge in [-0.2, -0.15) is 0 Å². The van der Waals surface area contributed by atoms with Crippen molar-refractivity contribution in [3.8, 4) is 0 Å². The fourth-order valence-electron chi connectivity index (χ4n) is 4.21. The number of aromatic carboxylic acids is 1. The standard InChI is InChI=1S/C17H26N2O2S/c1-17(2)7-6-13-12(8-17)14(16(20)21)15(22-13)11-5-3-4-10(11)9-19-18/h10-11,19H,3-9,18H2,1-2H3,(H,20,21)/t10-,11?/m0/s1. The summed E-state index contributed by atoms with van der Waals surface area (Å²) in [6.45, 7) is 5.27. The highest BCUT2D eigenvalue weighted by Gasteiger charge is 2.38. The molecule has 0 spiro atoms. The van der Waals surface area contributed by atoms with E-state index < -0.39 is 5.97 Å². The lowest BCUT2D eigenvalue weighted by molar-refractivity contribution is 0.0693. The van der Waals surface area contributed by atoms with Crippen LogP contribution in [0.4, 0.5) is 0 Å². The number of nitrogens with two attached hydrogens (primary N) is 1. The summed E-state index contributed by atoms with van der Waals surface area (Å²) < 4.78 is 0. The lowest BCUT2D eigenvalue weighted by Gasteiger charge is -2.29. The van der Waals surface area contributed by atoms with E-state index in [0.29, 0.717) is 17.4 Å². The Kier molecular flexibility index (Phi) is 4.32. The number of rotatable bonds is 4. The van der Waals surface area contributed by atoms with Crippen molar-refractivity contribution in [1.82, 2.24) is 5.43 Å². The number of carboxylic acid groups (broad SMARTS) is 1. The van der Waals surface area contributed by atoms with E-state index >= 15 is 0 Å². The van der Waals surface area contributed by atoms with Crippen LogP contribution in [0.1, 0.15) is 71.1 Å². The number of hydrogen-bond acceptors (Lipinski definition) is 4. The number of thiophene rings is 1. The molecule has 1 unspecified atom stereocenters. The van der Waals surface area contributed by atoms with Gasteiger partial charge in [0.25, 0.3) is 0 Å². The predicted octanol–water partition coefficient (Wildman–Crippen LogP) is 3.31. The summed E-state index contributed by atoms with van der Waals surface area (Å²) in [6.07, 6.45) is 6.48. The minimum atomic E-state index is -0.739. The zero-order valence-corrected chi connectivity index (χ0v) is 14.3. The van der Waals surface area contributed by atoms with E-state index in [4.69, 9.17) is 5.84 Å². The van der Waals surface area contributed by atoms with Gasteiger partial charge >= 0.3 is 5.97 Å². The van der Waals surface area contributed by atoms with E-state index in [9.17, 15) is 9.90 Å². The van der Waals surface area contributed by atoms with E-state index in [1.165, 1.54) is 11.3 Å². The zero-order chi connectivity index (χ0) is 15.9. The largest absolute Gasteiger partial charge is 0.478 e. The lowest BCUT2D eigenvalue weighted by Crippen LogP contribution is -2.30. The molecule has 1 fully saturated rings. The van der Waals surface area contributed by atoms with Gasteiger partial charge in [0, 0.05) is 16.3 Å².